The number of rotatable bonds is 4. The summed E-state index contributed by atoms with van der Waals surface area (Å²) in [6.45, 7) is 1.42. The maximum atomic E-state index is 12.7. The second-order valence-electron chi connectivity index (χ2n) is 8.74. The molecule has 0 unspecified atom stereocenters. The molecule has 2 aromatic rings. The maximum Gasteiger partial charge on any atom is 0.331 e. The van der Waals surface area contributed by atoms with E-state index in [1.165, 1.54) is 16.5 Å². The van der Waals surface area contributed by atoms with Gasteiger partial charge in [-0.3, -0.25) is 19.1 Å². The van der Waals surface area contributed by atoms with Crippen molar-refractivity contribution in [3.05, 3.63) is 56.2 Å². The molecule has 1 fully saturated rings. The number of H-pyrrole nitrogens is 1. The van der Waals surface area contributed by atoms with Crippen molar-refractivity contribution in [3.8, 4) is 5.88 Å². The van der Waals surface area contributed by atoms with E-state index in [0.717, 1.165) is 43.4 Å². The van der Waals surface area contributed by atoms with Gasteiger partial charge in [0.2, 0.25) is 11.8 Å². The average molecular weight is 440 g/mol. The van der Waals surface area contributed by atoms with E-state index in [4.69, 9.17) is 0 Å². The summed E-state index contributed by atoms with van der Waals surface area (Å²) >= 11 is 0. The second kappa shape index (κ2) is 8.64. The number of aromatic amines is 1. The van der Waals surface area contributed by atoms with Crippen molar-refractivity contribution in [1.82, 2.24) is 14.6 Å². The fraction of sp³-hybridized carbons (Fsp3) is 0.478. The Balaban J connectivity index is 1.73. The Labute approximate surface area is 186 Å². The quantitative estimate of drug-likeness (QED) is 0.760. The monoisotopic (exact) mass is 439 g/mol. The van der Waals surface area contributed by atoms with Gasteiger partial charge in [-0.25, -0.2) is 9.80 Å². The van der Waals surface area contributed by atoms with Crippen molar-refractivity contribution < 1.29 is 9.90 Å². The Hall–Kier alpha value is -3.36. The van der Waals surface area contributed by atoms with Crippen molar-refractivity contribution >= 4 is 17.3 Å². The second-order valence-corrected chi connectivity index (χ2v) is 8.74. The summed E-state index contributed by atoms with van der Waals surface area (Å²) in [5.41, 5.74) is 0.863. The molecule has 0 spiro atoms. The number of anilines is 1. The Morgan fingerprint density at radius 3 is 2.38 bits per heavy atom. The van der Waals surface area contributed by atoms with Crippen LogP contribution in [0.1, 0.15) is 68.7 Å². The number of aromatic nitrogens is 2. The molecule has 0 bridgehead atoms. The number of hydrogen-bond acceptors (Lipinski definition) is 6. The Bertz CT molecular complexity index is 1160. The summed E-state index contributed by atoms with van der Waals surface area (Å²) in [6.07, 6.45) is 4.83. The number of nitrogens with one attached hydrogen (secondary N) is 1. The van der Waals surface area contributed by atoms with E-state index >= 15 is 0 Å². The molecule has 1 aliphatic heterocycles. The van der Waals surface area contributed by atoms with Crippen LogP contribution in [0.15, 0.2) is 39.0 Å². The minimum Gasteiger partial charge on any atom is -0.494 e. The number of carbonyl (C=O) groups excluding carboxylic acids is 1. The molecular formula is C23H29N5O4. The van der Waals surface area contributed by atoms with E-state index in [1.807, 2.05) is 43.3 Å². The highest BCUT2D eigenvalue weighted by molar-refractivity contribution is 6.04. The number of carbonyl (C=O) groups is 1. The van der Waals surface area contributed by atoms with Crippen molar-refractivity contribution in [2.45, 2.75) is 57.5 Å². The molecule has 0 radical (unpaired) electrons. The summed E-state index contributed by atoms with van der Waals surface area (Å²) in [6, 6.07) is 7.22. The minimum atomic E-state index is -0.689. The topological polar surface area (TPSA) is 111 Å². The molecule has 1 saturated carbocycles. The van der Waals surface area contributed by atoms with E-state index in [2.05, 4.69) is 10.1 Å². The van der Waals surface area contributed by atoms with Crippen LogP contribution in [-0.2, 0) is 4.79 Å². The molecule has 32 heavy (non-hydrogen) atoms. The summed E-state index contributed by atoms with van der Waals surface area (Å²) in [5.74, 6) is -0.630. The number of aromatic hydroxyl groups is 1. The van der Waals surface area contributed by atoms with Crippen LogP contribution < -0.4 is 16.1 Å². The zero-order valence-electron chi connectivity index (χ0n) is 18.7. The molecule has 4 rings (SSSR count). The zero-order valence-corrected chi connectivity index (χ0v) is 18.7. The van der Waals surface area contributed by atoms with Crippen molar-refractivity contribution in [2.24, 2.45) is 5.10 Å². The Kier molecular flexibility index (Phi) is 5.90. The third-order valence-electron chi connectivity index (χ3n) is 6.37. The summed E-state index contributed by atoms with van der Waals surface area (Å²) in [4.78, 5) is 41.9. The van der Waals surface area contributed by atoms with E-state index in [0.29, 0.717) is 5.71 Å². The Morgan fingerprint density at radius 1 is 1.12 bits per heavy atom. The first-order valence-corrected chi connectivity index (χ1v) is 11.0. The van der Waals surface area contributed by atoms with Gasteiger partial charge < -0.3 is 10.0 Å². The normalized spacial score (nSPS) is 19.2. The lowest BCUT2D eigenvalue weighted by atomic mass is 9.95. The first-order valence-electron chi connectivity index (χ1n) is 11.0. The van der Waals surface area contributed by atoms with Gasteiger partial charge in [0.25, 0.3) is 5.56 Å². The molecule has 9 nitrogen and oxygen atoms in total. The van der Waals surface area contributed by atoms with Crippen LogP contribution in [-0.4, -0.2) is 45.4 Å². The standard InChI is InChI=1S/C23H29N5O4/c1-14(29)28-19(15-9-11-16(12-10-15)26(2)3)13-18(25-28)20-21(30)24-23(32)27(22(20)31)17-7-5-4-6-8-17/h9-12,17,19,31H,4-8,13H2,1-3H3,(H,24,30,32)/t19-/m1/s1. The van der Waals surface area contributed by atoms with Crippen LogP contribution in [0.4, 0.5) is 5.69 Å². The molecule has 1 aromatic carbocycles. The largest absolute Gasteiger partial charge is 0.494 e. The third-order valence-corrected chi connectivity index (χ3v) is 6.37. The smallest absolute Gasteiger partial charge is 0.331 e. The van der Waals surface area contributed by atoms with E-state index < -0.39 is 17.3 Å². The number of hydrogen-bond donors (Lipinski definition) is 2. The molecule has 1 amide bonds. The van der Waals surface area contributed by atoms with Gasteiger partial charge in [0.1, 0.15) is 5.56 Å². The fourth-order valence-corrected chi connectivity index (χ4v) is 4.68. The zero-order chi connectivity index (χ0) is 23.0. The molecule has 2 heterocycles. The highest BCUT2D eigenvalue weighted by Gasteiger charge is 2.35. The highest BCUT2D eigenvalue weighted by atomic mass is 16.3. The van der Waals surface area contributed by atoms with Gasteiger partial charge >= 0.3 is 5.69 Å². The fourth-order valence-electron chi connectivity index (χ4n) is 4.68. The van der Waals surface area contributed by atoms with Crippen molar-refractivity contribution in [2.75, 3.05) is 19.0 Å². The predicted molar refractivity (Wildman–Crippen MR) is 122 cm³/mol. The number of amides is 1. The van der Waals surface area contributed by atoms with Gasteiger partial charge in [-0.05, 0) is 30.5 Å². The number of benzene rings is 1. The molecule has 9 heteroatoms. The van der Waals surface area contributed by atoms with Crippen LogP contribution in [0, 0.1) is 0 Å². The molecule has 1 aliphatic carbocycles. The highest BCUT2D eigenvalue weighted by Crippen LogP contribution is 2.36. The van der Waals surface area contributed by atoms with Crippen LogP contribution in [0.25, 0.3) is 0 Å². The first-order chi connectivity index (χ1) is 15.3. The van der Waals surface area contributed by atoms with Crippen molar-refractivity contribution in [1.29, 1.82) is 0 Å². The van der Waals surface area contributed by atoms with E-state index in [1.54, 1.807) is 0 Å². The molecule has 2 N–H and O–H groups in total. The Morgan fingerprint density at radius 2 is 1.78 bits per heavy atom. The van der Waals surface area contributed by atoms with Crippen molar-refractivity contribution in [3.63, 3.8) is 0 Å². The van der Waals surface area contributed by atoms with Crippen LogP contribution >= 0.6 is 0 Å². The average Bonchev–Trinajstić information content (AvgIpc) is 3.19. The number of nitrogens with zero attached hydrogens (tertiary/aromatic N) is 4. The lowest BCUT2D eigenvalue weighted by Gasteiger charge is -2.25. The van der Waals surface area contributed by atoms with Crippen LogP contribution in [0.3, 0.4) is 0 Å². The van der Waals surface area contributed by atoms with Gasteiger partial charge in [-0.2, -0.15) is 5.10 Å². The van der Waals surface area contributed by atoms with Crippen LogP contribution in [0.5, 0.6) is 5.88 Å². The van der Waals surface area contributed by atoms with Crippen LogP contribution in [0.2, 0.25) is 0 Å². The van der Waals surface area contributed by atoms with E-state index in [-0.39, 0.29) is 29.8 Å². The molecule has 2 aliphatic rings. The maximum absolute atomic E-state index is 12.7. The molecular weight excluding hydrogens is 410 g/mol. The minimum absolute atomic E-state index is 0.0335. The SMILES string of the molecule is CC(=O)N1N=C(c2c(O)n(C3CCCCC3)c(=O)[nH]c2=O)C[C@@H]1c1ccc(N(C)C)cc1. The molecule has 1 aromatic heterocycles. The summed E-state index contributed by atoms with van der Waals surface area (Å²) in [5, 5.41) is 16.7. The van der Waals surface area contributed by atoms with Gasteiger partial charge in [0, 0.05) is 39.2 Å². The van der Waals surface area contributed by atoms with E-state index in [9.17, 15) is 19.5 Å². The molecule has 1 atom stereocenters. The lowest BCUT2D eigenvalue weighted by Crippen LogP contribution is -2.36. The lowest BCUT2D eigenvalue weighted by molar-refractivity contribution is -0.130. The van der Waals surface area contributed by atoms with Gasteiger partial charge in [-0.15, -0.1) is 0 Å². The first kappa shape index (κ1) is 21.9. The third kappa shape index (κ3) is 3.94. The van der Waals surface area contributed by atoms with Gasteiger partial charge in [-0.1, -0.05) is 31.4 Å². The molecule has 0 saturated heterocycles. The summed E-state index contributed by atoms with van der Waals surface area (Å²) in [7, 11) is 3.90. The predicted octanol–water partition coefficient (Wildman–Crippen LogP) is 2.51. The molecule has 170 valence electrons. The summed E-state index contributed by atoms with van der Waals surface area (Å²) < 4.78 is 1.29. The van der Waals surface area contributed by atoms with Gasteiger partial charge in [0.05, 0.1) is 11.8 Å². The number of hydrazone groups is 1. The van der Waals surface area contributed by atoms with Gasteiger partial charge in [0.15, 0.2) is 0 Å².